The topological polar surface area (TPSA) is 66.5 Å². The van der Waals surface area contributed by atoms with Crippen molar-refractivity contribution >= 4 is 17.7 Å². The van der Waals surface area contributed by atoms with E-state index in [-0.39, 0.29) is 0 Å². The molecule has 0 radical (unpaired) electrons. The van der Waals surface area contributed by atoms with Gasteiger partial charge in [0.2, 0.25) is 5.91 Å². The van der Waals surface area contributed by atoms with Gasteiger partial charge in [0.15, 0.2) is 0 Å². The number of alkyl halides is 2. The maximum absolute atomic E-state index is 12.2. The molecule has 1 heterocycles. The van der Waals surface area contributed by atoms with Gasteiger partial charge in [-0.05, 0) is 13.8 Å². The molecule has 1 saturated heterocycles. The van der Waals surface area contributed by atoms with E-state index in [0.717, 1.165) is 0 Å². The summed E-state index contributed by atoms with van der Waals surface area (Å²) in [5.41, 5.74) is -1.43. The predicted octanol–water partition coefficient (Wildman–Crippen LogP) is -0.485. The second-order valence-electron chi connectivity index (χ2n) is 3.66. The molecule has 0 aromatic heterocycles. The highest BCUT2D eigenvalue weighted by molar-refractivity contribution is 6.06. The van der Waals surface area contributed by atoms with Crippen LogP contribution < -0.4 is 5.32 Å². The first-order valence-corrected chi connectivity index (χ1v) is 4.20. The lowest BCUT2D eigenvalue weighted by Crippen LogP contribution is -2.66. The molecule has 1 aliphatic rings. The number of rotatable bonds is 1. The summed E-state index contributed by atoms with van der Waals surface area (Å²) in [5, 5.41) is 1.98. The molecule has 1 fully saturated rings. The number of hydrogen-bond donors (Lipinski definition) is 1. The molecular formula is C8H10F2N2O3. The van der Waals surface area contributed by atoms with Gasteiger partial charge in [0, 0.05) is 0 Å². The Hall–Kier alpha value is -1.53. The van der Waals surface area contributed by atoms with Crippen LogP contribution in [-0.4, -0.2) is 41.1 Å². The molecule has 3 amide bonds. The fraction of sp³-hybridized carbons (Fsp3) is 0.625. The number of hydrogen-bond acceptors (Lipinski definition) is 3. The number of carbonyl (C=O) groups excluding carboxylic acids is 3. The molecule has 0 unspecified atom stereocenters. The average molecular weight is 220 g/mol. The monoisotopic (exact) mass is 220 g/mol. The van der Waals surface area contributed by atoms with E-state index in [2.05, 4.69) is 0 Å². The van der Waals surface area contributed by atoms with Crippen LogP contribution in [0.3, 0.4) is 0 Å². The second-order valence-corrected chi connectivity index (χ2v) is 3.66. The van der Waals surface area contributed by atoms with Gasteiger partial charge in [0.25, 0.3) is 11.8 Å². The molecule has 0 aromatic rings. The van der Waals surface area contributed by atoms with Crippen molar-refractivity contribution in [3.8, 4) is 0 Å². The van der Waals surface area contributed by atoms with E-state index in [1.54, 1.807) is 0 Å². The highest BCUT2D eigenvalue weighted by Crippen LogP contribution is 2.20. The zero-order valence-electron chi connectivity index (χ0n) is 8.21. The molecular weight excluding hydrogens is 210 g/mol. The largest absolute Gasteiger partial charge is 0.315 e. The molecule has 1 N–H and O–H groups in total. The number of imide groups is 1. The molecule has 84 valence electrons. The SMILES string of the molecule is CC1(C)C(=O)NC(=O)CN1C(=O)C(F)F. The van der Waals surface area contributed by atoms with Crippen LogP contribution in [0.5, 0.6) is 0 Å². The zero-order chi connectivity index (χ0) is 11.8. The molecule has 0 spiro atoms. The maximum atomic E-state index is 12.2. The van der Waals surface area contributed by atoms with Crippen molar-refractivity contribution < 1.29 is 23.2 Å². The fourth-order valence-electron chi connectivity index (χ4n) is 1.25. The lowest BCUT2D eigenvalue weighted by Gasteiger charge is -2.39. The van der Waals surface area contributed by atoms with E-state index in [1.807, 2.05) is 5.32 Å². The Morgan fingerprint density at radius 3 is 2.47 bits per heavy atom. The third-order valence-corrected chi connectivity index (χ3v) is 2.24. The Morgan fingerprint density at radius 2 is 2.00 bits per heavy atom. The highest BCUT2D eigenvalue weighted by atomic mass is 19.3. The summed E-state index contributed by atoms with van der Waals surface area (Å²) in [6, 6.07) is 0. The number of nitrogens with one attached hydrogen (secondary N) is 1. The van der Waals surface area contributed by atoms with Gasteiger partial charge in [-0.25, -0.2) is 0 Å². The normalized spacial score (nSPS) is 20.5. The van der Waals surface area contributed by atoms with Gasteiger partial charge in [0.1, 0.15) is 12.1 Å². The van der Waals surface area contributed by atoms with Crippen molar-refractivity contribution in [3.05, 3.63) is 0 Å². The molecule has 1 rings (SSSR count). The van der Waals surface area contributed by atoms with Crippen LogP contribution >= 0.6 is 0 Å². The smallest absolute Gasteiger partial charge is 0.314 e. The van der Waals surface area contributed by atoms with Gasteiger partial charge in [0.05, 0.1) is 0 Å². The lowest BCUT2D eigenvalue weighted by molar-refractivity contribution is -0.161. The molecule has 5 nitrogen and oxygen atoms in total. The van der Waals surface area contributed by atoms with Gasteiger partial charge in [-0.2, -0.15) is 8.78 Å². The van der Waals surface area contributed by atoms with Crippen LogP contribution in [0.4, 0.5) is 8.78 Å². The third-order valence-electron chi connectivity index (χ3n) is 2.24. The number of nitrogens with zero attached hydrogens (tertiary/aromatic N) is 1. The Kier molecular flexibility index (Phi) is 2.74. The van der Waals surface area contributed by atoms with E-state index in [0.29, 0.717) is 4.90 Å². The van der Waals surface area contributed by atoms with E-state index >= 15 is 0 Å². The minimum Gasteiger partial charge on any atom is -0.314 e. The van der Waals surface area contributed by atoms with Crippen molar-refractivity contribution in [2.75, 3.05) is 6.54 Å². The summed E-state index contributed by atoms with van der Waals surface area (Å²) in [6.07, 6.45) is -3.22. The van der Waals surface area contributed by atoms with E-state index in [9.17, 15) is 23.2 Å². The quantitative estimate of drug-likeness (QED) is 0.607. The standard InChI is InChI=1S/C8H10F2N2O3/c1-8(2)7(15)11-4(13)3-12(8)6(14)5(9)10/h5H,3H2,1-2H3,(H,11,13,15). The number of amides is 3. The number of halogens is 2. The zero-order valence-corrected chi connectivity index (χ0v) is 8.21. The Bertz CT molecular complexity index is 328. The van der Waals surface area contributed by atoms with E-state index in [4.69, 9.17) is 0 Å². The summed E-state index contributed by atoms with van der Waals surface area (Å²) >= 11 is 0. The van der Waals surface area contributed by atoms with Gasteiger partial charge in [-0.1, -0.05) is 0 Å². The van der Waals surface area contributed by atoms with Gasteiger partial charge in [-0.15, -0.1) is 0 Å². The lowest BCUT2D eigenvalue weighted by atomic mass is 9.98. The van der Waals surface area contributed by atoms with Crippen LogP contribution in [0.1, 0.15) is 13.8 Å². The first-order valence-electron chi connectivity index (χ1n) is 4.20. The molecule has 7 heteroatoms. The van der Waals surface area contributed by atoms with Crippen molar-refractivity contribution in [2.45, 2.75) is 25.8 Å². The average Bonchev–Trinajstić information content (AvgIpc) is 2.10. The molecule has 15 heavy (non-hydrogen) atoms. The summed E-state index contributed by atoms with van der Waals surface area (Å²) < 4.78 is 24.4. The van der Waals surface area contributed by atoms with Gasteiger partial charge >= 0.3 is 6.43 Å². The van der Waals surface area contributed by atoms with Crippen molar-refractivity contribution in [1.82, 2.24) is 10.2 Å². The van der Waals surface area contributed by atoms with Crippen molar-refractivity contribution in [3.63, 3.8) is 0 Å². The molecule has 0 saturated carbocycles. The van der Waals surface area contributed by atoms with Gasteiger partial charge < -0.3 is 4.90 Å². The molecule has 0 aromatic carbocycles. The summed E-state index contributed by atoms with van der Waals surface area (Å²) in [5.74, 6) is -3.02. The Balaban J connectivity index is 2.99. The summed E-state index contributed by atoms with van der Waals surface area (Å²) in [4.78, 5) is 33.9. The third kappa shape index (κ3) is 1.95. The van der Waals surface area contributed by atoms with Crippen LogP contribution in [-0.2, 0) is 14.4 Å². The van der Waals surface area contributed by atoms with Gasteiger partial charge in [-0.3, -0.25) is 19.7 Å². The van der Waals surface area contributed by atoms with E-state index in [1.165, 1.54) is 13.8 Å². The van der Waals surface area contributed by atoms with Crippen LogP contribution in [0.15, 0.2) is 0 Å². The highest BCUT2D eigenvalue weighted by Gasteiger charge is 2.45. The number of piperazine rings is 1. The molecule has 0 atom stereocenters. The fourth-order valence-corrected chi connectivity index (χ4v) is 1.25. The maximum Gasteiger partial charge on any atom is 0.315 e. The first kappa shape index (κ1) is 11.5. The summed E-state index contributed by atoms with van der Waals surface area (Å²) in [7, 11) is 0. The van der Waals surface area contributed by atoms with Crippen molar-refractivity contribution in [1.29, 1.82) is 0 Å². The minimum absolute atomic E-state index is 0.526. The first-order chi connectivity index (χ1) is 6.76. The molecule has 1 aliphatic heterocycles. The second kappa shape index (κ2) is 3.56. The summed E-state index contributed by atoms with van der Waals surface area (Å²) in [6.45, 7) is 2.08. The van der Waals surface area contributed by atoms with E-state index < -0.39 is 36.2 Å². The Morgan fingerprint density at radius 1 is 1.47 bits per heavy atom. The minimum atomic E-state index is -3.22. The Labute approximate surface area is 84.4 Å². The van der Waals surface area contributed by atoms with Crippen molar-refractivity contribution in [2.24, 2.45) is 0 Å². The molecule has 0 aliphatic carbocycles. The number of carbonyl (C=O) groups is 3. The molecule has 0 bridgehead atoms. The predicted molar refractivity (Wildman–Crippen MR) is 44.9 cm³/mol. The van der Waals surface area contributed by atoms with Crippen LogP contribution in [0, 0.1) is 0 Å². The van der Waals surface area contributed by atoms with Crippen LogP contribution in [0.2, 0.25) is 0 Å². The van der Waals surface area contributed by atoms with Crippen LogP contribution in [0.25, 0.3) is 0 Å².